The molecule has 0 bridgehead atoms. The maximum Gasteiger partial charge on any atom is 0.407 e. The van der Waals surface area contributed by atoms with Crippen molar-refractivity contribution in [2.45, 2.75) is 80.7 Å². The average molecular weight is 950 g/mol. The summed E-state index contributed by atoms with van der Waals surface area (Å²) in [6.07, 6.45) is 0.722. The van der Waals surface area contributed by atoms with E-state index in [0.29, 0.717) is 45.0 Å². The predicted octanol–water partition coefficient (Wildman–Crippen LogP) is 6.94. The van der Waals surface area contributed by atoms with E-state index in [1.807, 2.05) is 18.2 Å². The van der Waals surface area contributed by atoms with E-state index in [1.54, 1.807) is 101 Å². The Hall–Kier alpha value is -6.87. The number of nitrogens with one attached hydrogen (secondary N) is 2. The minimum absolute atomic E-state index is 0.120. The lowest BCUT2D eigenvalue weighted by Crippen LogP contribution is -2.60. The van der Waals surface area contributed by atoms with Crippen LogP contribution in [-0.2, 0) is 39.7 Å². The molecule has 1 fully saturated rings. The number of imidazole rings is 1. The number of carboxylic acid groups (broad SMARTS) is 1. The number of amides is 1. The fraction of sp³-hybridized carbons (Fsp3) is 0.298. The first-order chi connectivity index (χ1) is 32.0. The summed E-state index contributed by atoms with van der Waals surface area (Å²) in [5.41, 5.74) is 2.98. The second kappa shape index (κ2) is 18.8. The molecule has 0 spiro atoms. The maximum atomic E-state index is 16.1. The Labute approximate surface area is 388 Å². The SMILES string of the molecule is COc1ccc(CN(Cc2ccc(OC)cc2)S(=O)(=O)c2c(S(=O)(=O)N[C@H]3C[C@H](N(C(=O)O)C(C)(C)C)C3)ccc(-c3cccc4[nH]cnc34)c2-c2nnn(Cc3ccc(OC)cc3)n2)cc1. The lowest BCUT2D eigenvalue weighted by atomic mass is 9.84. The molecular weight excluding hydrogens is 899 g/mol. The molecule has 1 amide bonds. The van der Waals surface area contributed by atoms with Crippen LogP contribution in [0.5, 0.6) is 17.2 Å². The lowest BCUT2D eigenvalue weighted by Gasteiger charge is -2.47. The van der Waals surface area contributed by atoms with Crippen LogP contribution in [0.1, 0.15) is 50.3 Å². The van der Waals surface area contributed by atoms with Crippen molar-refractivity contribution in [3.63, 3.8) is 0 Å². The van der Waals surface area contributed by atoms with E-state index in [1.165, 1.54) is 46.7 Å². The molecule has 5 aromatic carbocycles. The number of H-pyrrole nitrogens is 1. The fourth-order valence-corrected chi connectivity index (χ4v) is 12.0. The van der Waals surface area contributed by atoms with Crippen molar-refractivity contribution in [3.05, 3.63) is 126 Å². The number of nitrogens with zero attached hydrogens (tertiary/aromatic N) is 7. The molecule has 2 aromatic heterocycles. The van der Waals surface area contributed by atoms with Crippen LogP contribution in [0.3, 0.4) is 0 Å². The van der Waals surface area contributed by atoms with Crippen LogP contribution in [0.25, 0.3) is 33.5 Å². The van der Waals surface area contributed by atoms with Gasteiger partial charge in [-0.2, -0.15) is 9.10 Å². The largest absolute Gasteiger partial charge is 0.497 e. The maximum absolute atomic E-state index is 16.1. The molecule has 1 saturated carbocycles. The molecule has 1 aliphatic rings. The molecule has 1 aliphatic carbocycles. The second-order valence-corrected chi connectivity index (χ2v) is 20.7. The summed E-state index contributed by atoms with van der Waals surface area (Å²) >= 11 is 0. The Morgan fingerprint density at radius 1 is 0.791 bits per heavy atom. The summed E-state index contributed by atoms with van der Waals surface area (Å²) in [5.74, 6) is 1.61. The molecule has 0 atom stereocenters. The smallest absolute Gasteiger partial charge is 0.407 e. The molecule has 350 valence electrons. The van der Waals surface area contributed by atoms with Crippen molar-refractivity contribution in [2.75, 3.05) is 21.3 Å². The van der Waals surface area contributed by atoms with Crippen molar-refractivity contribution in [1.82, 2.24) is 44.1 Å². The zero-order chi connectivity index (χ0) is 47.7. The number of aromatic amines is 1. The molecule has 20 heteroatoms. The number of hydrogen-bond donors (Lipinski definition) is 3. The van der Waals surface area contributed by atoms with Gasteiger partial charge in [-0.05, 0) is 110 Å². The summed E-state index contributed by atoms with van der Waals surface area (Å²) in [4.78, 5) is 21.5. The minimum atomic E-state index is -4.92. The van der Waals surface area contributed by atoms with Crippen LogP contribution in [0, 0.1) is 0 Å². The van der Waals surface area contributed by atoms with E-state index in [-0.39, 0.29) is 49.4 Å². The lowest BCUT2D eigenvalue weighted by molar-refractivity contribution is 0.0327. The Morgan fingerprint density at radius 2 is 1.36 bits per heavy atom. The molecular formula is C47H51N9O9S2. The third-order valence-electron chi connectivity index (χ3n) is 11.7. The highest BCUT2D eigenvalue weighted by molar-refractivity contribution is 7.92. The Morgan fingerprint density at radius 3 is 1.90 bits per heavy atom. The van der Waals surface area contributed by atoms with Crippen LogP contribution in [0.15, 0.2) is 119 Å². The van der Waals surface area contributed by atoms with Crippen molar-refractivity contribution in [2.24, 2.45) is 0 Å². The molecule has 0 aliphatic heterocycles. The normalized spacial score (nSPS) is 15.3. The number of para-hydroxylation sites is 1. The topological polar surface area (TPSA) is 224 Å². The molecule has 3 N–H and O–H groups in total. The molecule has 7 aromatic rings. The fourth-order valence-electron chi connectivity index (χ4n) is 8.36. The number of rotatable bonds is 17. The zero-order valence-electron chi connectivity index (χ0n) is 37.7. The summed E-state index contributed by atoms with van der Waals surface area (Å²) in [7, 11) is -5.02. The van der Waals surface area contributed by atoms with Gasteiger partial charge >= 0.3 is 6.09 Å². The number of carbonyl (C=O) groups is 1. The van der Waals surface area contributed by atoms with E-state index in [4.69, 9.17) is 19.3 Å². The standard InChI is InChI=1S/C47H51N9O9S2/c1-47(2,3)56(46(57)58)34-24-33(25-34)52-66(59,60)41-23-22-38(39-8-7-9-40-43(39)49-29-48-40)42(45-50-53-55(51-45)28-32-14-20-37(65-6)21-15-32)44(41)67(61,62)54(26-30-10-16-35(63-4)17-11-30)27-31-12-18-36(64-5)19-13-31/h7-23,29,33-34,52H,24-28H2,1-6H3,(H,48,49)(H,57,58)/t33-,34-. The summed E-state index contributed by atoms with van der Waals surface area (Å²) in [6.45, 7) is 5.06. The van der Waals surface area contributed by atoms with Gasteiger partial charge in [-0.3, -0.25) is 0 Å². The van der Waals surface area contributed by atoms with Crippen LogP contribution < -0.4 is 18.9 Å². The molecule has 18 nitrogen and oxygen atoms in total. The first kappa shape index (κ1) is 46.7. The van der Waals surface area contributed by atoms with Gasteiger partial charge in [0.05, 0.1) is 50.8 Å². The second-order valence-electron chi connectivity index (χ2n) is 17.1. The summed E-state index contributed by atoms with van der Waals surface area (Å²) < 4.78 is 82.3. The van der Waals surface area contributed by atoms with Crippen LogP contribution in [0.2, 0.25) is 0 Å². The Bertz CT molecular complexity index is 3060. The predicted molar refractivity (Wildman–Crippen MR) is 250 cm³/mol. The molecule has 67 heavy (non-hydrogen) atoms. The molecule has 0 saturated heterocycles. The third-order valence-corrected chi connectivity index (χ3v) is 15.2. The third kappa shape index (κ3) is 9.83. The van der Waals surface area contributed by atoms with Gasteiger partial charge in [0.1, 0.15) is 27.0 Å². The minimum Gasteiger partial charge on any atom is -0.497 e. The number of methoxy groups -OCH3 is 3. The van der Waals surface area contributed by atoms with E-state index in [2.05, 4.69) is 25.0 Å². The first-order valence-corrected chi connectivity index (χ1v) is 24.2. The monoisotopic (exact) mass is 949 g/mol. The van der Waals surface area contributed by atoms with Crippen LogP contribution in [0.4, 0.5) is 4.79 Å². The van der Waals surface area contributed by atoms with Gasteiger partial charge in [0, 0.05) is 36.3 Å². The van der Waals surface area contributed by atoms with E-state index in [9.17, 15) is 9.90 Å². The van der Waals surface area contributed by atoms with Gasteiger partial charge in [-0.1, -0.05) is 54.6 Å². The van der Waals surface area contributed by atoms with Crippen molar-refractivity contribution in [1.29, 1.82) is 0 Å². The van der Waals surface area contributed by atoms with Gasteiger partial charge in [0.2, 0.25) is 25.9 Å². The number of benzene rings is 5. The van der Waals surface area contributed by atoms with Gasteiger partial charge in [-0.25, -0.2) is 31.3 Å². The number of ether oxygens (including phenoxy) is 3. The molecule has 2 heterocycles. The summed E-state index contributed by atoms with van der Waals surface area (Å²) in [6, 6.07) is 28.0. The van der Waals surface area contributed by atoms with Crippen molar-refractivity contribution >= 4 is 37.2 Å². The highest BCUT2D eigenvalue weighted by atomic mass is 32.2. The number of tetrazole rings is 1. The first-order valence-electron chi connectivity index (χ1n) is 21.3. The van der Waals surface area contributed by atoms with E-state index in [0.717, 1.165) is 5.56 Å². The van der Waals surface area contributed by atoms with Gasteiger partial charge in [0.15, 0.2) is 0 Å². The number of aromatic nitrogens is 6. The molecule has 0 unspecified atom stereocenters. The highest BCUT2D eigenvalue weighted by Crippen LogP contribution is 2.43. The Kier molecular flexibility index (Phi) is 13.1. The number of fused-ring (bicyclic) bond motifs is 1. The zero-order valence-corrected chi connectivity index (χ0v) is 39.4. The van der Waals surface area contributed by atoms with Gasteiger partial charge in [-0.15, -0.1) is 10.2 Å². The Balaban J connectivity index is 1.34. The van der Waals surface area contributed by atoms with E-state index < -0.39 is 53.6 Å². The van der Waals surface area contributed by atoms with Crippen LogP contribution >= 0.6 is 0 Å². The number of sulfonamides is 2. The van der Waals surface area contributed by atoms with Gasteiger partial charge in [0.25, 0.3) is 0 Å². The van der Waals surface area contributed by atoms with E-state index >= 15 is 16.8 Å². The molecule has 0 radical (unpaired) electrons. The average Bonchev–Trinajstić information content (AvgIpc) is 3.98. The van der Waals surface area contributed by atoms with Crippen LogP contribution in [-0.4, -0.2) is 106 Å². The quantitative estimate of drug-likeness (QED) is 0.0843. The summed E-state index contributed by atoms with van der Waals surface area (Å²) in [5, 5.41) is 23.6. The van der Waals surface area contributed by atoms with Crippen molar-refractivity contribution < 1.29 is 40.9 Å². The molecule has 8 rings (SSSR count). The highest BCUT2D eigenvalue weighted by Gasteiger charge is 2.44. The van der Waals surface area contributed by atoms with Gasteiger partial charge < -0.3 is 29.2 Å². The number of hydrogen-bond acceptors (Lipinski definition) is 12. The van der Waals surface area contributed by atoms with Crippen molar-refractivity contribution in [3.8, 4) is 39.8 Å².